The second-order valence-electron chi connectivity index (χ2n) is 10.7. The molecule has 6 heteroatoms. The molecule has 0 saturated carbocycles. The van der Waals surface area contributed by atoms with Gasteiger partial charge in [0.1, 0.15) is 12.4 Å². The molecule has 208 valence electrons. The van der Waals surface area contributed by atoms with Crippen LogP contribution in [-0.4, -0.2) is 30.4 Å². The van der Waals surface area contributed by atoms with Crippen molar-refractivity contribution in [1.82, 2.24) is 5.32 Å². The van der Waals surface area contributed by atoms with Gasteiger partial charge in [-0.2, -0.15) is 0 Å². The summed E-state index contributed by atoms with van der Waals surface area (Å²) in [5, 5.41) is 12.0. The number of amides is 1. The minimum absolute atomic E-state index is 0.00272. The third-order valence-corrected chi connectivity index (χ3v) is 8.11. The van der Waals surface area contributed by atoms with Crippen LogP contribution in [-0.2, 0) is 22.4 Å². The first-order valence-corrected chi connectivity index (χ1v) is 14.2. The Kier molecular flexibility index (Phi) is 7.72. The van der Waals surface area contributed by atoms with E-state index in [0.717, 1.165) is 35.3 Å². The summed E-state index contributed by atoms with van der Waals surface area (Å²) in [6.45, 7) is 0.726. The monoisotopic (exact) mass is 547 g/mol. The van der Waals surface area contributed by atoms with E-state index in [1.807, 2.05) is 54.6 Å². The van der Waals surface area contributed by atoms with Crippen LogP contribution in [0.1, 0.15) is 64.6 Å². The number of ether oxygens (including phenoxy) is 2. The van der Waals surface area contributed by atoms with Crippen molar-refractivity contribution in [3.63, 3.8) is 0 Å². The van der Waals surface area contributed by atoms with E-state index >= 15 is 0 Å². The van der Waals surface area contributed by atoms with Crippen LogP contribution in [0, 0.1) is 0 Å². The number of aliphatic carboxylic acids is 1. The van der Waals surface area contributed by atoms with E-state index < -0.39 is 12.1 Å². The van der Waals surface area contributed by atoms with Gasteiger partial charge in [-0.3, -0.25) is 4.79 Å². The molecule has 6 rings (SSSR count). The molecule has 0 aromatic heterocycles. The summed E-state index contributed by atoms with van der Waals surface area (Å²) in [4.78, 5) is 24.1. The van der Waals surface area contributed by atoms with Gasteiger partial charge >= 0.3 is 12.1 Å². The maximum atomic E-state index is 13.3. The van der Waals surface area contributed by atoms with E-state index in [1.54, 1.807) is 0 Å². The van der Waals surface area contributed by atoms with E-state index in [9.17, 15) is 9.59 Å². The summed E-state index contributed by atoms with van der Waals surface area (Å²) in [5.41, 5.74) is 9.18. The number of unbranched alkanes of at least 4 members (excludes halogenated alkanes) is 1. The molecular formula is C35H33NO5. The normalized spacial score (nSPS) is 15.1. The number of carbonyl (C=O) groups excluding carboxylic acids is 1. The SMILES string of the molecule is O=C(O)CCCCOc1ccc2c(c1)CCc1ccccc1[C@H]2NC(=O)OCC1c2ccccc2-c2ccccc21. The predicted molar refractivity (Wildman–Crippen MR) is 157 cm³/mol. The highest BCUT2D eigenvalue weighted by Crippen LogP contribution is 2.44. The molecule has 4 aromatic rings. The highest BCUT2D eigenvalue weighted by atomic mass is 16.5. The Morgan fingerprint density at radius 2 is 1.39 bits per heavy atom. The van der Waals surface area contributed by atoms with Crippen LogP contribution >= 0.6 is 0 Å². The van der Waals surface area contributed by atoms with Crippen molar-refractivity contribution < 1.29 is 24.2 Å². The van der Waals surface area contributed by atoms with E-state index in [2.05, 4.69) is 41.7 Å². The second-order valence-corrected chi connectivity index (χ2v) is 10.7. The average molecular weight is 548 g/mol. The lowest BCUT2D eigenvalue weighted by molar-refractivity contribution is -0.137. The maximum absolute atomic E-state index is 13.3. The quantitative estimate of drug-likeness (QED) is 0.219. The van der Waals surface area contributed by atoms with Gasteiger partial charge in [0.2, 0.25) is 0 Å². The summed E-state index contributed by atoms with van der Waals surface area (Å²) in [6, 6.07) is 30.5. The smallest absolute Gasteiger partial charge is 0.407 e. The molecule has 1 amide bonds. The number of rotatable bonds is 9. The lowest BCUT2D eigenvalue weighted by atomic mass is 9.94. The van der Waals surface area contributed by atoms with Crippen molar-refractivity contribution in [1.29, 1.82) is 0 Å². The summed E-state index contributed by atoms with van der Waals surface area (Å²) in [6.07, 6.45) is 2.65. The molecule has 0 unspecified atom stereocenters. The Morgan fingerprint density at radius 3 is 2.12 bits per heavy atom. The van der Waals surface area contributed by atoms with Gasteiger partial charge in [-0.1, -0.05) is 78.9 Å². The molecule has 0 spiro atoms. The lowest BCUT2D eigenvalue weighted by Gasteiger charge is -2.23. The van der Waals surface area contributed by atoms with Crippen molar-refractivity contribution in [3.8, 4) is 16.9 Å². The Morgan fingerprint density at radius 1 is 0.756 bits per heavy atom. The van der Waals surface area contributed by atoms with Gasteiger partial charge < -0.3 is 19.9 Å². The Balaban J connectivity index is 1.18. The van der Waals surface area contributed by atoms with E-state index in [1.165, 1.54) is 27.8 Å². The van der Waals surface area contributed by atoms with E-state index in [-0.39, 0.29) is 25.0 Å². The first kappa shape index (κ1) is 26.6. The molecule has 2 aliphatic rings. The molecule has 0 radical (unpaired) electrons. The van der Waals surface area contributed by atoms with Crippen molar-refractivity contribution >= 4 is 12.1 Å². The summed E-state index contributed by atoms with van der Waals surface area (Å²) in [5.74, 6) is -0.0356. The zero-order valence-electron chi connectivity index (χ0n) is 22.8. The Labute approximate surface area is 239 Å². The highest BCUT2D eigenvalue weighted by Gasteiger charge is 2.30. The average Bonchev–Trinajstić information content (AvgIpc) is 3.22. The van der Waals surface area contributed by atoms with Crippen LogP contribution in [0.25, 0.3) is 11.1 Å². The predicted octanol–water partition coefficient (Wildman–Crippen LogP) is 7.05. The van der Waals surface area contributed by atoms with Crippen LogP contribution in [0.5, 0.6) is 5.75 Å². The molecule has 0 heterocycles. The molecule has 4 aromatic carbocycles. The van der Waals surface area contributed by atoms with Crippen LogP contribution in [0.3, 0.4) is 0 Å². The minimum Gasteiger partial charge on any atom is -0.494 e. The number of carboxylic acids is 1. The number of carboxylic acid groups (broad SMARTS) is 1. The highest BCUT2D eigenvalue weighted by molar-refractivity contribution is 5.79. The number of carbonyl (C=O) groups is 2. The summed E-state index contributed by atoms with van der Waals surface area (Å²) in [7, 11) is 0. The number of alkyl carbamates (subject to hydrolysis) is 1. The van der Waals surface area contributed by atoms with Gasteiger partial charge in [0.25, 0.3) is 0 Å². The van der Waals surface area contributed by atoms with Gasteiger partial charge in [0.05, 0.1) is 12.6 Å². The molecular weight excluding hydrogens is 514 g/mol. The lowest BCUT2D eigenvalue weighted by Crippen LogP contribution is -2.31. The van der Waals surface area contributed by atoms with E-state index in [4.69, 9.17) is 14.6 Å². The van der Waals surface area contributed by atoms with Crippen molar-refractivity contribution in [2.75, 3.05) is 13.2 Å². The molecule has 2 N–H and O–H groups in total. The molecule has 0 aliphatic heterocycles. The molecule has 0 fully saturated rings. The molecule has 1 atom stereocenters. The van der Waals surface area contributed by atoms with Crippen LogP contribution in [0.4, 0.5) is 4.79 Å². The van der Waals surface area contributed by atoms with Gasteiger partial charge in [-0.05, 0) is 82.3 Å². The van der Waals surface area contributed by atoms with Crippen LogP contribution < -0.4 is 10.1 Å². The van der Waals surface area contributed by atoms with Gasteiger partial charge in [0.15, 0.2) is 0 Å². The number of fused-ring (bicyclic) bond motifs is 5. The zero-order valence-corrected chi connectivity index (χ0v) is 22.8. The van der Waals surface area contributed by atoms with Crippen LogP contribution in [0.2, 0.25) is 0 Å². The largest absolute Gasteiger partial charge is 0.494 e. The molecule has 6 nitrogen and oxygen atoms in total. The number of nitrogens with one attached hydrogen (secondary N) is 1. The standard InChI is InChI=1S/C35H33NO5/c37-33(38)15-7-8-20-40-25-18-19-27-24(21-25)17-16-23-9-1-2-10-26(23)34(27)36-35(39)41-22-32-30-13-5-3-11-28(30)29-12-4-6-14-31(29)32/h1-6,9-14,18-19,21,32,34H,7-8,15-17,20,22H2,(H,36,39)(H,37,38)/t34-/m1/s1. The second kappa shape index (κ2) is 11.9. The minimum atomic E-state index is -0.787. The van der Waals surface area contributed by atoms with Gasteiger partial charge in [-0.15, -0.1) is 0 Å². The first-order chi connectivity index (χ1) is 20.1. The third kappa shape index (κ3) is 5.68. The fourth-order valence-corrected chi connectivity index (χ4v) is 6.13. The van der Waals surface area contributed by atoms with E-state index in [0.29, 0.717) is 19.4 Å². The van der Waals surface area contributed by atoms with Crippen LogP contribution in [0.15, 0.2) is 91.0 Å². The third-order valence-electron chi connectivity index (χ3n) is 8.11. The number of aryl methyl sites for hydroxylation is 2. The van der Waals surface area contributed by atoms with Gasteiger partial charge in [0, 0.05) is 12.3 Å². The molecule has 0 bridgehead atoms. The van der Waals surface area contributed by atoms with Crippen molar-refractivity contribution in [2.24, 2.45) is 0 Å². The maximum Gasteiger partial charge on any atom is 0.407 e. The molecule has 41 heavy (non-hydrogen) atoms. The number of hydrogen-bond acceptors (Lipinski definition) is 4. The topological polar surface area (TPSA) is 84.9 Å². The zero-order chi connectivity index (χ0) is 28.2. The molecule has 0 saturated heterocycles. The van der Waals surface area contributed by atoms with Gasteiger partial charge in [-0.25, -0.2) is 4.79 Å². The number of hydrogen-bond donors (Lipinski definition) is 2. The Bertz CT molecular complexity index is 1530. The van der Waals surface area contributed by atoms with Crippen molar-refractivity contribution in [2.45, 2.75) is 44.1 Å². The number of benzene rings is 4. The fraction of sp³-hybridized carbons (Fsp3) is 0.257. The fourth-order valence-electron chi connectivity index (χ4n) is 6.13. The summed E-state index contributed by atoms with van der Waals surface area (Å²) >= 11 is 0. The van der Waals surface area contributed by atoms with Crippen molar-refractivity contribution in [3.05, 3.63) is 124 Å². The summed E-state index contributed by atoms with van der Waals surface area (Å²) < 4.78 is 11.8. The first-order valence-electron chi connectivity index (χ1n) is 14.2. The Hall–Kier alpha value is -4.58. The molecule has 2 aliphatic carbocycles.